The SMILES string of the molecule is O=C(N[C@H]1C[C@H]2COc3ccccc3S(=O)(=O)N2C1)c1cnc[nH]c1=O. The number of para-hydroxylation sites is 1. The molecule has 1 amide bonds. The number of benzene rings is 1. The number of hydrogen-bond donors (Lipinski definition) is 2. The first-order chi connectivity index (χ1) is 12.5. The predicted molar refractivity (Wildman–Crippen MR) is 90.3 cm³/mol. The van der Waals surface area contributed by atoms with Gasteiger partial charge in [-0.05, 0) is 18.6 Å². The molecule has 0 spiro atoms. The van der Waals surface area contributed by atoms with Crippen LogP contribution in [0.25, 0.3) is 0 Å². The van der Waals surface area contributed by atoms with E-state index in [-0.39, 0.29) is 29.7 Å². The molecule has 0 unspecified atom stereocenters. The number of nitrogens with one attached hydrogen (secondary N) is 2. The van der Waals surface area contributed by atoms with Crippen molar-refractivity contribution in [3.8, 4) is 5.75 Å². The number of fused-ring (bicyclic) bond motifs is 2. The maximum atomic E-state index is 12.9. The smallest absolute Gasteiger partial charge is 0.263 e. The van der Waals surface area contributed by atoms with Crippen molar-refractivity contribution in [2.75, 3.05) is 13.2 Å². The predicted octanol–water partition coefficient (Wildman–Crippen LogP) is -0.276. The van der Waals surface area contributed by atoms with E-state index in [2.05, 4.69) is 15.3 Å². The van der Waals surface area contributed by atoms with Gasteiger partial charge in [-0.3, -0.25) is 9.59 Å². The van der Waals surface area contributed by atoms with Crippen LogP contribution in [0.4, 0.5) is 0 Å². The fraction of sp³-hybridized carbons (Fsp3) is 0.312. The first-order valence-electron chi connectivity index (χ1n) is 8.04. The summed E-state index contributed by atoms with van der Waals surface area (Å²) in [6, 6.07) is 5.70. The zero-order valence-electron chi connectivity index (χ0n) is 13.6. The number of hydrogen-bond acceptors (Lipinski definition) is 6. The monoisotopic (exact) mass is 376 g/mol. The summed E-state index contributed by atoms with van der Waals surface area (Å²) >= 11 is 0. The van der Waals surface area contributed by atoms with Crippen LogP contribution in [-0.4, -0.2) is 53.8 Å². The number of ether oxygens (including phenoxy) is 1. The highest BCUT2D eigenvalue weighted by molar-refractivity contribution is 7.89. The summed E-state index contributed by atoms with van der Waals surface area (Å²) in [6.07, 6.45) is 2.77. The molecule has 10 heteroatoms. The van der Waals surface area contributed by atoms with Gasteiger partial charge in [-0.25, -0.2) is 13.4 Å². The Hall–Kier alpha value is -2.72. The van der Waals surface area contributed by atoms with Gasteiger partial charge in [0.2, 0.25) is 10.0 Å². The van der Waals surface area contributed by atoms with Crippen molar-refractivity contribution >= 4 is 15.9 Å². The molecule has 1 fully saturated rings. The second-order valence-corrected chi connectivity index (χ2v) is 8.05. The van der Waals surface area contributed by atoms with Gasteiger partial charge < -0.3 is 15.0 Å². The third-order valence-corrected chi connectivity index (χ3v) is 6.49. The first-order valence-corrected chi connectivity index (χ1v) is 9.48. The van der Waals surface area contributed by atoms with Gasteiger partial charge in [0.05, 0.1) is 12.4 Å². The summed E-state index contributed by atoms with van der Waals surface area (Å²) in [4.78, 5) is 30.2. The molecular weight excluding hydrogens is 360 g/mol. The van der Waals surface area contributed by atoms with E-state index >= 15 is 0 Å². The molecule has 2 aliphatic rings. The van der Waals surface area contributed by atoms with Gasteiger partial charge in [-0.2, -0.15) is 4.31 Å². The lowest BCUT2D eigenvalue weighted by Gasteiger charge is -2.19. The Morgan fingerprint density at radius 3 is 2.96 bits per heavy atom. The maximum Gasteiger partial charge on any atom is 0.263 e. The molecule has 1 aromatic heterocycles. The molecule has 136 valence electrons. The van der Waals surface area contributed by atoms with Crippen LogP contribution in [0.5, 0.6) is 5.75 Å². The standard InChI is InChI=1S/C16H16N4O5S/c21-15-12(6-17-9-18-15)16(22)19-10-5-11-8-25-13-3-1-2-4-14(13)26(23,24)20(11)7-10/h1-4,6,9-11H,5,7-8H2,(H,19,22)(H,17,18,21)/t10-,11-/m0/s1. The normalized spacial score (nSPS) is 24.0. The third-order valence-electron chi connectivity index (χ3n) is 4.53. The average Bonchev–Trinajstić information content (AvgIpc) is 3.00. The quantitative estimate of drug-likeness (QED) is 0.744. The number of amides is 1. The first kappa shape index (κ1) is 16.7. The molecule has 2 atom stereocenters. The van der Waals surface area contributed by atoms with Crippen LogP contribution in [0.2, 0.25) is 0 Å². The highest BCUT2D eigenvalue weighted by Gasteiger charge is 2.44. The van der Waals surface area contributed by atoms with E-state index in [1.165, 1.54) is 22.9 Å². The highest BCUT2D eigenvalue weighted by Crippen LogP contribution is 2.35. The zero-order valence-corrected chi connectivity index (χ0v) is 14.4. The summed E-state index contributed by atoms with van der Waals surface area (Å²) in [5, 5.41) is 2.71. The average molecular weight is 376 g/mol. The molecule has 1 saturated heterocycles. The van der Waals surface area contributed by atoms with Crippen molar-refractivity contribution in [1.29, 1.82) is 0 Å². The van der Waals surface area contributed by atoms with Gasteiger partial charge >= 0.3 is 0 Å². The van der Waals surface area contributed by atoms with E-state index < -0.39 is 27.5 Å². The Labute approximate surface area is 149 Å². The summed E-state index contributed by atoms with van der Waals surface area (Å²) in [6.45, 7) is 0.324. The molecule has 0 radical (unpaired) electrons. The molecule has 2 aromatic rings. The van der Waals surface area contributed by atoms with E-state index in [4.69, 9.17) is 4.74 Å². The van der Waals surface area contributed by atoms with Crippen LogP contribution in [-0.2, 0) is 10.0 Å². The summed E-state index contributed by atoms with van der Waals surface area (Å²) in [5.74, 6) is -0.245. The van der Waals surface area contributed by atoms with Gasteiger partial charge in [0.25, 0.3) is 11.5 Å². The summed E-state index contributed by atoms with van der Waals surface area (Å²) in [7, 11) is -3.72. The summed E-state index contributed by atoms with van der Waals surface area (Å²) in [5.41, 5.74) is -0.658. The molecular formula is C16H16N4O5S. The Morgan fingerprint density at radius 1 is 1.35 bits per heavy atom. The van der Waals surface area contributed by atoms with Crippen LogP contribution >= 0.6 is 0 Å². The number of carbonyl (C=O) groups is 1. The van der Waals surface area contributed by atoms with Crippen LogP contribution in [0.3, 0.4) is 0 Å². The van der Waals surface area contributed by atoms with E-state index in [0.717, 1.165) is 0 Å². The van der Waals surface area contributed by atoms with Crippen molar-refractivity contribution < 1.29 is 17.9 Å². The Balaban J connectivity index is 1.56. The number of rotatable bonds is 2. The van der Waals surface area contributed by atoms with Crippen LogP contribution in [0.1, 0.15) is 16.8 Å². The fourth-order valence-electron chi connectivity index (χ4n) is 3.30. The summed E-state index contributed by atoms with van der Waals surface area (Å²) < 4.78 is 32.9. The third kappa shape index (κ3) is 2.76. The minimum atomic E-state index is -3.72. The lowest BCUT2D eigenvalue weighted by atomic mass is 10.1. The van der Waals surface area contributed by atoms with E-state index in [1.54, 1.807) is 18.2 Å². The van der Waals surface area contributed by atoms with Crippen molar-refractivity contribution in [3.63, 3.8) is 0 Å². The lowest BCUT2D eigenvalue weighted by Crippen LogP contribution is -2.40. The van der Waals surface area contributed by atoms with Gasteiger partial charge in [0, 0.05) is 18.8 Å². The number of aromatic amines is 1. The van der Waals surface area contributed by atoms with E-state index in [9.17, 15) is 18.0 Å². The lowest BCUT2D eigenvalue weighted by molar-refractivity contribution is 0.0936. The Kier molecular flexibility index (Phi) is 4.00. The molecule has 1 aromatic carbocycles. The van der Waals surface area contributed by atoms with Crippen molar-refractivity contribution in [2.45, 2.75) is 23.4 Å². The number of H-pyrrole nitrogens is 1. The molecule has 9 nitrogen and oxygen atoms in total. The Bertz CT molecular complexity index is 1020. The van der Waals surface area contributed by atoms with Crippen LogP contribution in [0.15, 0.2) is 46.5 Å². The van der Waals surface area contributed by atoms with Gasteiger partial charge in [-0.15, -0.1) is 0 Å². The molecule has 3 heterocycles. The Morgan fingerprint density at radius 2 is 2.15 bits per heavy atom. The van der Waals surface area contributed by atoms with Crippen molar-refractivity contribution in [2.24, 2.45) is 0 Å². The maximum absolute atomic E-state index is 12.9. The minimum Gasteiger partial charge on any atom is -0.490 e. The molecule has 4 rings (SSSR count). The van der Waals surface area contributed by atoms with Gasteiger partial charge in [0.15, 0.2) is 0 Å². The van der Waals surface area contributed by atoms with Crippen molar-refractivity contribution in [3.05, 3.63) is 52.7 Å². The van der Waals surface area contributed by atoms with Crippen LogP contribution < -0.4 is 15.6 Å². The molecule has 0 saturated carbocycles. The molecule has 0 aliphatic carbocycles. The zero-order chi connectivity index (χ0) is 18.3. The number of nitrogens with zero attached hydrogens (tertiary/aromatic N) is 2. The molecule has 0 bridgehead atoms. The van der Waals surface area contributed by atoms with Crippen LogP contribution in [0, 0.1) is 0 Å². The van der Waals surface area contributed by atoms with Crippen molar-refractivity contribution in [1.82, 2.24) is 19.6 Å². The number of aromatic nitrogens is 2. The minimum absolute atomic E-state index is 0.112. The molecule has 26 heavy (non-hydrogen) atoms. The highest BCUT2D eigenvalue weighted by atomic mass is 32.2. The second kappa shape index (κ2) is 6.22. The van der Waals surface area contributed by atoms with Gasteiger partial charge in [0.1, 0.15) is 22.8 Å². The fourth-order valence-corrected chi connectivity index (χ4v) is 5.10. The van der Waals surface area contributed by atoms with Gasteiger partial charge in [-0.1, -0.05) is 12.1 Å². The molecule has 2 N–H and O–H groups in total. The van der Waals surface area contributed by atoms with E-state index in [1.807, 2.05) is 0 Å². The van der Waals surface area contributed by atoms with E-state index in [0.29, 0.717) is 12.2 Å². The second-order valence-electron chi connectivity index (χ2n) is 6.19. The topological polar surface area (TPSA) is 121 Å². The number of sulfonamides is 1. The molecule has 2 aliphatic heterocycles. The largest absolute Gasteiger partial charge is 0.490 e. The number of carbonyl (C=O) groups excluding carboxylic acids is 1.